The molecule has 1 saturated heterocycles. The minimum absolute atomic E-state index is 0.107. The molecule has 2 aliphatic rings. The second-order valence-electron chi connectivity index (χ2n) is 6.95. The molecule has 25 heavy (non-hydrogen) atoms. The van der Waals surface area contributed by atoms with E-state index in [-0.39, 0.29) is 5.56 Å². The molecule has 0 spiro atoms. The third-order valence-electron chi connectivity index (χ3n) is 5.28. The summed E-state index contributed by atoms with van der Waals surface area (Å²) in [6.07, 6.45) is 1.12. The van der Waals surface area contributed by atoms with Gasteiger partial charge in [-0.25, -0.2) is 0 Å². The predicted octanol–water partition coefficient (Wildman–Crippen LogP) is 3.63. The van der Waals surface area contributed by atoms with E-state index in [0.717, 1.165) is 53.1 Å². The lowest BCUT2D eigenvalue weighted by Gasteiger charge is -2.43. The topological polar surface area (TPSA) is 37.3 Å². The molecule has 2 bridgehead atoms. The summed E-state index contributed by atoms with van der Waals surface area (Å²) < 4.78 is 1.94. The number of thiocarbonyl (C=S) groups is 1. The lowest BCUT2D eigenvalue weighted by atomic mass is 9.83. The summed E-state index contributed by atoms with van der Waals surface area (Å²) in [6, 6.07) is 11.4. The number of fused-ring (bicyclic) bond motifs is 4. The number of pyridine rings is 1. The number of aromatic nitrogens is 1. The van der Waals surface area contributed by atoms with Crippen LogP contribution >= 0.6 is 23.8 Å². The van der Waals surface area contributed by atoms with E-state index in [9.17, 15) is 4.79 Å². The third-order valence-corrected chi connectivity index (χ3v) is 6.05. The van der Waals surface area contributed by atoms with Gasteiger partial charge >= 0.3 is 0 Å². The minimum atomic E-state index is 0.107. The average Bonchev–Trinajstić information content (AvgIpc) is 2.60. The van der Waals surface area contributed by atoms with Crippen molar-refractivity contribution in [2.45, 2.75) is 25.8 Å². The molecule has 1 aromatic carbocycles. The van der Waals surface area contributed by atoms with Gasteiger partial charge in [0.1, 0.15) is 0 Å². The van der Waals surface area contributed by atoms with E-state index >= 15 is 0 Å². The van der Waals surface area contributed by atoms with Gasteiger partial charge in [0.15, 0.2) is 5.11 Å². The van der Waals surface area contributed by atoms with Crippen molar-refractivity contribution in [3.8, 4) is 0 Å². The molecule has 4 nitrogen and oxygen atoms in total. The fraction of sp³-hybridized carbons (Fsp3) is 0.368. The number of nitrogens with zero attached hydrogens (tertiary/aromatic N) is 2. The second-order valence-corrected chi connectivity index (χ2v) is 7.74. The molecule has 3 heterocycles. The molecule has 1 N–H and O–H groups in total. The van der Waals surface area contributed by atoms with Gasteiger partial charge in [-0.15, -0.1) is 0 Å². The summed E-state index contributed by atoms with van der Waals surface area (Å²) in [5.74, 6) is 0.799. The van der Waals surface area contributed by atoms with Crippen molar-refractivity contribution in [2.75, 3.05) is 18.4 Å². The molecule has 0 unspecified atom stereocenters. The highest BCUT2D eigenvalue weighted by molar-refractivity contribution is 7.80. The Morgan fingerprint density at radius 2 is 2.00 bits per heavy atom. The normalized spacial score (nSPS) is 21.6. The Morgan fingerprint density at radius 3 is 2.84 bits per heavy atom. The van der Waals surface area contributed by atoms with Gasteiger partial charge in [-0.05, 0) is 55.2 Å². The quantitative estimate of drug-likeness (QED) is 0.774. The van der Waals surface area contributed by atoms with Crippen molar-refractivity contribution in [3.05, 3.63) is 63.0 Å². The Bertz CT molecular complexity index is 894. The maximum atomic E-state index is 12.1. The number of piperidine rings is 1. The van der Waals surface area contributed by atoms with E-state index in [1.807, 2.05) is 35.8 Å². The van der Waals surface area contributed by atoms with Crippen LogP contribution in [0.5, 0.6) is 0 Å². The van der Waals surface area contributed by atoms with Gasteiger partial charge in [0.25, 0.3) is 5.56 Å². The standard InChI is InChI=1S/C19H20ClN3OS/c1-12-15(20)4-2-5-16(12)21-19(25)22-9-13-8-14(11-22)17-6-3-7-18(24)23(17)10-13/h2-7,13-14H,8-11H2,1H3,(H,21,25)/t13-,14+/m0/s1. The van der Waals surface area contributed by atoms with Gasteiger partial charge in [-0.3, -0.25) is 4.79 Å². The molecule has 0 amide bonds. The predicted molar refractivity (Wildman–Crippen MR) is 106 cm³/mol. The molecule has 0 radical (unpaired) electrons. The Balaban J connectivity index is 1.55. The Hall–Kier alpha value is -1.85. The molecule has 130 valence electrons. The fourth-order valence-electron chi connectivity index (χ4n) is 4.00. The molecule has 2 aromatic rings. The monoisotopic (exact) mass is 373 g/mol. The highest BCUT2D eigenvalue weighted by Gasteiger charge is 2.35. The first-order valence-corrected chi connectivity index (χ1v) is 9.32. The van der Waals surface area contributed by atoms with Crippen LogP contribution in [0.25, 0.3) is 0 Å². The number of anilines is 1. The van der Waals surface area contributed by atoms with Crippen molar-refractivity contribution >= 4 is 34.6 Å². The third kappa shape index (κ3) is 3.07. The largest absolute Gasteiger partial charge is 0.348 e. The zero-order valence-electron chi connectivity index (χ0n) is 14.0. The smallest absolute Gasteiger partial charge is 0.250 e. The van der Waals surface area contributed by atoms with Crippen LogP contribution in [0.15, 0.2) is 41.2 Å². The van der Waals surface area contributed by atoms with E-state index in [1.54, 1.807) is 6.07 Å². The lowest BCUT2D eigenvalue weighted by molar-refractivity contribution is 0.180. The van der Waals surface area contributed by atoms with Crippen molar-refractivity contribution in [2.24, 2.45) is 5.92 Å². The highest BCUT2D eigenvalue weighted by Crippen LogP contribution is 2.35. The number of hydrogen-bond acceptors (Lipinski definition) is 2. The van der Waals surface area contributed by atoms with Crippen LogP contribution < -0.4 is 10.9 Å². The molecule has 6 heteroatoms. The number of benzene rings is 1. The van der Waals surface area contributed by atoms with E-state index < -0.39 is 0 Å². The first kappa shape index (κ1) is 16.6. The van der Waals surface area contributed by atoms with Crippen LogP contribution in [0, 0.1) is 12.8 Å². The Morgan fingerprint density at radius 1 is 1.20 bits per heavy atom. The summed E-state index contributed by atoms with van der Waals surface area (Å²) in [7, 11) is 0. The maximum absolute atomic E-state index is 12.1. The highest BCUT2D eigenvalue weighted by atomic mass is 35.5. The summed E-state index contributed by atoms with van der Waals surface area (Å²) in [4.78, 5) is 14.4. The molecular weight excluding hydrogens is 354 g/mol. The fourth-order valence-corrected chi connectivity index (χ4v) is 4.43. The number of likely N-dealkylation sites (tertiary alicyclic amines) is 1. The first-order chi connectivity index (χ1) is 12.0. The van der Waals surface area contributed by atoms with E-state index in [2.05, 4.69) is 16.3 Å². The van der Waals surface area contributed by atoms with Crippen molar-refractivity contribution in [3.63, 3.8) is 0 Å². The van der Waals surface area contributed by atoms with Crippen LogP contribution in [0.3, 0.4) is 0 Å². The molecule has 0 aliphatic carbocycles. The number of nitrogens with one attached hydrogen (secondary N) is 1. The van der Waals surface area contributed by atoms with Gasteiger partial charge in [0, 0.05) is 48.0 Å². The van der Waals surface area contributed by atoms with Gasteiger partial charge in [-0.1, -0.05) is 23.7 Å². The van der Waals surface area contributed by atoms with Crippen LogP contribution in [-0.2, 0) is 6.54 Å². The second kappa shape index (κ2) is 6.46. The first-order valence-electron chi connectivity index (χ1n) is 8.53. The number of halogens is 1. The molecule has 2 aliphatic heterocycles. The SMILES string of the molecule is Cc1c(Cl)cccc1NC(=S)N1C[C@@H]2C[C@H](C1)c1cccc(=O)n1C2. The van der Waals surface area contributed by atoms with Crippen molar-refractivity contribution < 1.29 is 0 Å². The summed E-state index contributed by atoms with van der Waals surface area (Å²) in [5.41, 5.74) is 3.19. The van der Waals surface area contributed by atoms with E-state index in [0.29, 0.717) is 11.8 Å². The summed E-state index contributed by atoms with van der Waals surface area (Å²) in [5, 5.41) is 4.81. The van der Waals surface area contributed by atoms with Gasteiger partial charge < -0.3 is 14.8 Å². The Labute approximate surface area is 157 Å². The van der Waals surface area contributed by atoms with Crippen LogP contribution in [-0.4, -0.2) is 27.7 Å². The lowest BCUT2D eigenvalue weighted by Crippen LogP contribution is -2.50. The van der Waals surface area contributed by atoms with Crippen LogP contribution in [0.2, 0.25) is 5.02 Å². The van der Waals surface area contributed by atoms with Crippen molar-refractivity contribution in [1.29, 1.82) is 0 Å². The number of hydrogen-bond donors (Lipinski definition) is 1. The summed E-state index contributed by atoms with van der Waals surface area (Å²) in [6.45, 7) is 4.48. The van der Waals surface area contributed by atoms with Crippen LogP contribution in [0.1, 0.15) is 23.6 Å². The average molecular weight is 374 g/mol. The molecule has 1 fully saturated rings. The van der Waals surface area contributed by atoms with Gasteiger partial charge in [-0.2, -0.15) is 0 Å². The molecule has 0 saturated carbocycles. The molecule has 4 rings (SSSR count). The Kier molecular flexibility index (Phi) is 4.29. The maximum Gasteiger partial charge on any atom is 0.250 e. The van der Waals surface area contributed by atoms with Crippen molar-refractivity contribution in [1.82, 2.24) is 9.47 Å². The van der Waals surface area contributed by atoms with Gasteiger partial charge in [0.05, 0.1) is 0 Å². The number of rotatable bonds is 1. The zero-order chi connectivity index (χ0) is 17.6. The van der Waals surface area contributed by atoms with E-state index in [4.69, 9.17) is 23.8 Å². The molecule has 2 atom stereocenters. The van der Waals surface area contributed by atoms with Crippen LogP contribution in [0.4, 0.5) is 5.69 Å². The van der Waals surface area contributed by atoms with Gasteiger partial charge in [0.2, 0.25) is 0 Å². The van der Waals surface area contributed by atoms with E-state index in [1.165, 1.54) is 0 Å². The zero-order valence-corrected chi connectivity index (χ0v) is 15.6. The molecule has 1 aromatic heterocycles. The minimum Gasteiger partial charge on any atom is -0.348 e. The summed E-state index contributed by atoms with van der Waals surface area (Å²) >= 11 is 11.9. The molecular formula is C19H20ClN3OS.